The number of carbonyl (C=O) groups is 1. The first-order valence-electron chi connectivity index (χ1n) is 9.34. The van der Waals surface area contributed by atoms with E-state index in [1.54, 1.807) is 12.1 Å². The number of nitrogens with one attached hydrogen (secondary N) is 1. The van der Waals surface area contributed by atoms with Crippen molar-refractivity contribution in [1.82, 2.24) is 4.98 Å². The number of halogens is 1. The molecule has 0 saturated heterocycles. The number of hydrogen-bond acceptors (Lipinski definition) is 3. The molecule has 0 spiro atoms. The Kier molecular flexibility index (Phi) is 5.45. The molecule has 1 N–H and O–H groups in total. The van der Waals surface area contributed by atoms with Crippen molar-refractivity contribution in [3.63, 3.8) is 0 Å². The van der Waals surface area contributed by atoms with Gasteiger partial charge in [-0.3, -0.25) is 4.79 Å². The van der Waals surface area contributed by atoms with Crippen molar-refractivity contribution in [2.24, 2.45) is 0 Å². The SMILES string of the molecule is CCOc1ccc(-c2cc(C(=O)Nc3ccccc3Cl)c3ccccc3n2)cc1. The average molecular weight is 403 g/mol. The molecule has 1 heterocycles. The summed E-state index contributed by atoms with van der Waals surface area (Å²) in [6.45, 7) is 2.56. The number of hydrogen-bond donors (Lipinski definition) is 1. The molecule has 0 aliphatic rings. The monoisotopic (exact) mass is 402 g/mol. The molecule has 0 aliphatic carbocycles. The van der Waals surface area contributed by atoms with Crippen molar-refractivity contribution in [3.05, 3.63) is 89.4 Å². The quantitative estimate of drug-likeness (QED) is 0.432. The Hall–Kier alpha value is -3.37. The van der Waals surface area contributed by atoms with Crippen LogP contribution in [0.4, 0.5) is 5.69 Å². The normalized spacial score (nSPS) is 10.7. The number of fused-ring (bicyclic) bond motifs is 1. The van der Waals surface area contributed by atoms with Gasteiger partial charge in [-0.05, 0) is 55.5 Å². The first-order chi connectivity index (χ1) is 14.2. The molecule has 4 aromatic rings. The summed E-state index contributed by atoms with van der Waals surface area (Å²) in [5.41, 5.74) is 3.49. The average Bonchev–Trinajstić information content (AvgIpc) is 2.75. The second kappa shape index (κ2) is 8.33. The number of para-hydroxylation sites is 2. The third kappa shape index (κ3) is 4.08. The zero-order valence-corrected chi connectivity index (χ0v) is 16.6. The van der Waals surface area contributed by atoms with Gasteiger partial charge in [0.2, 0.25) is 0 Å². The van der Waals surface area contributed by atoms with E-state index in [9.17, 15) is 4.79 Å². The van der Waals surface area contributed by atoms with Crippen molar-refractivity contribution in [2.75, 3.05) is 11.9 Å². The summed E-state index contributed by atoms with van der Waals surface area (Å²) in [6, 6.07) is 24.3. The number of aromatic nitrogens is 1. The van der Waals surface area contributed by atoms with E-state index in [2.05, 4.69) is 5.32 Å². The molecule has 0 unspecified atom stereocenters. The third-order valence-electron chi connectivity index (χ3n) is 4.54. The van der Waals surface area contributed by atoms with Gasteiger partial charge in [0.15, 0.2) is 0 Å². The van der Waals surface area contributed by atoms with Crippen LogP contribution in [0.5, 0.6) is 5.75 Å². The number of ether oxygens (including phenoxy) is 1. The third-order valence-corrected chi connectivity index (χ3v) is 4.87. The van der Waals surface area contributed by atoms with Gasteiger partial charge < -0.3 is 10.1 Å². The minimum atomic E-state index is -0.233. The highest BCUT2D eigenvalue weighted by molar-refractivity contribution is 6.34. The van der Waals surface area contributed by atoms with Crippen molar-refractivity contribution in [2.45, 2.75) is 6.92 Å². The number of amides is 1. The number of nitrogens with zero attached hydrogens (tertiary/aromatic N) is 1. The highest BCUT2D eigenvalue weighted by atomic mass is 35.5. The number of benzene rings is 3. The van der Waals surface area contributed by atoms with E-state index in [1.807, 2.05) is 73.7 Å². The predicted molar refractivity (Wildman–Crippen MR) is 118 cm³/mol. The van der Waals surface area contributed by atoms with E-state index in [0.717, 1.165) is 27.9 Å². The molecule has 0 saturated carbocycles. The second-order valence-corrected chi connectivity index (χ2v) is 6.87. The van der Waals surface area contributed by atoms with Crippen molar-refractivity contribution in [3.8, 4) is 17.0 Å². The van der Waals surface area contributed by atoms with E-state index in [-0.39, 0.29) is 5.91 Å². The largest absolute Gasteiger partial charge is 0.494 e. The fraction of sp³-hybridized carbons (Fsp3) is 0.0833. The van der Waals surface area contributed by atoms with Crippen LogP contribution in [0.3, 0.4) is 0 Å². The summed E-state index contributed by atoms with van der Waals surface area (Å²) >= 11 is 6.20. The molecule has 0 fully saturated rings. The molecule has 3 aromatic carbocycles. The molecule has 29 heavy (non-hydrogen) atoms. The minimum Gasteiger partial charge on any atom is -0.494 e. The van der Waals surface area contributed by atoms with Crippen molar-refractivity contribution in [1.29, 1.82) is 0 Å². The lowest BCUT2D eigenvalue weighted by molar-refractivity contribution is 0.102. The molecule has 4 rings (SSSR count). The number of rotatable bonds is 5. The fourth-order valence-corrected chi connectivity index (χ4v) is 3.33. The number of carbonyl (C=O) groups excluding carboxylic acids is 1. The molecule has 0 atom stereocenters. The lowest BCUT2D eigenvalue weighted by atomic mass is 10.0. The van der Waals surface area contributed by atoms with Crippen LogP contribution in [-0.4, -0.2) is 17.5 Å². The second-order valence-electron chi connectivity index (χ2n) is 6.46. The van der Waals surface area contributed by atoms with Gasteiger partial charge >= 0.3 is 0 Å². The summed E-state index contributed by atoms with van der Waals surface area (Å²) in [7, 11) is 0. The molecule has 4 nitrogen and oxygen atoms in total. The van der Waals surface area contributed by atoms with Gasteiger partial charge in [-0.1, -0.05) is 41.9 Å². The zero-order chi connectivity index (χ0) is 20.2. The highest BCUT2D eigenvalue weighted by Crippen LogP contribution is 2.28. The Labute approximate surface area is 174 Å². The number of pyridine rings is 1. The van der Waals surface area contributed by atoms with Crippen molar-refractivity contribution >= 4 is 34.1 Å². The summed E-state index contributed by atoms with van der Waals surface area (Å²) in [5, 5.41) is 4.18. The lowest BCUT2D eigenvalue weighted by Gasteiger charge is -2.12. The zero-order valence-electron chi connectivity index (χ0n) is 15.9. The first kappa shape index (κ1) is 19.0. The summed E-state index contributed by atoms with van der Waals surface area (Å²) in [6.07, 6.45) is 0. The Morgan fingerprint density at radius 2 is 1.72 bits per heavy atom. The number of anilines is 1. The maximum atomic E-state index is 13.1. The van der Waals surface area contributed by atoms with E-state index in [1.165, 1.54) is 0 Å². The molecule has 0 bridgehead atoms. The summed E-state index contributed by atoms with van der Waals surface area (Å²) in [5.74, 6) is 0.567. The smallest absolute Gasteiger partial charge is 0.256 e. The molecular formula is C24H19ClN2O2. The molecule has 144 valence electrons. The van der Waals surface area contributed by atoms with Gasteiger partial charge in [0.1, 0.15) is 5.75 Å². The van der Waals surface area contributed by atoms with Gasteiger partial charge in [0.05, 0.1) is 34.1 Å². The van der Waals surface area contributed by atoms with Gasteiger partial charge in [0, 0.05) is 10.9 Å². The van der Waals surface area contributed by atoms with Gasteiger partial charge in [0.25, 0.3) is 5.91 Å². The Balaban J connectivity index is 1.76. The van der Waals surface area contributed by atoms with Crippen LogP contribution in [0.2, 0.25) is 5.02 Å². The first-order valence-corrected chi connectivity index (χ1v) is 9.72. The Morgan fingerprint density at radius 1 is 1.00 bits per heavy atom. The minimum absolute atomic E-state index is 0.233. The van der Waals surface area contributed by atoms with E-state index in [0.29, 0.717) is 22.9 Å². The van der Waals surface area contributed by atoms with Crippen LogP contribution >= 0.6 is 11.6 Å². The van der Waals surface area contributed by atoms with E-state index >= 15 is 0 Å². The molecule has 1 amide bonds. The van der Waals surface area contributed by atoms with Crippen LogP contribution in [0.25, 0.3) is 22.2 Å². The topological polar surface area (TPSA) is 51.2 Å². The maximum absolute atomic E-state index is 13.1. The molecule has 5 heteroatoms. The Morgan fingerprint density at radius 3 is 2.48 bits per heavy atom. The van der Waals surface area contributed by atoms with E-state index < -0.39 is 0 Å². The van der Waals surface area contributed by atoms with Crippen LogP contribution in [0, 0.1) is 0 Å². The van der Waals surface area contributed by atoms with Crippen LogP contribution < -0.4 is 10.1 Å². The molecular weight excluding hydrogens is 384 g/mol. The standard InChI is InChI=1S/C24H19ClN2O2/c1-2-29-17-13-11-16(12-14-17)23-15-19(18-7-3-5-9-21(18)26-23)24(28)27-22-10-6-4-8-20(22)25/h3-15H,2H2,1H3,(H,27,28). The summed E-state index contributed by atoms with van der Waals surface area (Å²) < 4.78 is 5.51. The van der Waals surface area contributed by atoms with E-state index in [4.69, 9.17) is 21.3 Å². The van der Waals surface area contributed by atoms with Crippen LogP contribution in [-0.2, 0) is 0 Å². The fourth-order valence-electron chi connectivity index (χ4n) is 3.15. The molecule has 1 aromatic heterocycles. The predicted octanol–water partition coefficient (Wildman–Crippen LogP) is 6.21. The van der Waals surface area contributed by atoms with Gasteiger partial charge in [-0.2, -0.15) is 0 Å². The van der Waals surface area contributed by atoms with Crippen LogP contribution in [0.15, 0.2) is 78.9 Å². The molecule has 0 radical (unpaired) electrons. The van der Waals surface area contributed by atoms with Gasteiger partial charge in [-0.15, -0.1) is 0 Å². The lowest BCUT2D eigenvalue weighted by Crippen LogP contribution is -2.13. The van der Waals surface area contributed by atoms with Gasteiger partial charge in [-0.25, -0.2) is 4.98 Å². The maximum Gasteiger partial charge on any atom is 0.256 e. The summed E-state index contributed by atoms with van der Waals surface area (Å²) in [4.78, 5) is 17.8. The molecule has 0 aliphatic heterocycles. The highest BCUT2D eigenvalue weighted by Gasteiger charge is 2.15. The Bertz CT molecular complexity index is 1170. The van der Waals surface area contributed by atoms with Crippen LogP contribution in [0.1, 0.15) is 17.3 Å². The van der Waals surface area contributed by atoms with Crippen molar-refractivity contribution < 1.29 is 9.53 Å².